The highest BCUT2D eigenvalue weighted by atomic mass is 16.5. The highest BCUT2D eigenvalue weighted by Gasteiger charge is 2.52. The Labute approximate surface area is 112 Å². The first-order valence-corrected chi connectivity index (χ1v) is 6.73. The van der Waals surface area contributed by atoms with Gasteiger partial charge < -0.3 is 14.7 Å². The lowest BCUT2D eigenvalue weighted by Gasteiger charge is -2.47. The zero-order chi connectivity index (χ0) is 13.5. The third kappa shape index (κ3) is 2.30. The van der Waals surface area contributed by atoms with Crippen molar-refractivity contribution < 1.29 is 14.6 Å². The number of pyridine rings is 1. The molecule has 1 saturated heterocycles. The Kier molecular flexibility index (Phi) is 2.93. The van der Waals surface area contributed by atoms with Crippen LogP contribution in [0.2, 0.25) is 0 Å². The zero-order valence-corrected chi connectivity index (χ0v) is 11.0. The van der Waals surface area contributed by atoms with Crippen molar-refractivity contribution in [2.45, 2.75) is 25.4 Å². The van der Waals surface area contributed by atoms with E-state index in [4.69, 9.17) is 4.74 Å². The van der Waals surface area contributed by atoms with Gasteiger partial charge in [-0.2, -0.15) is 0 Å². The molecule has 1 N–H and O–H groups in total. The number of ether oxygens (including phenoxy) is 1. The van der Waals surface area contributed by atoms with Gasteiger partial charge in [-0.15, -0.1) is 0 Å². The molecule has 2 fully saturated rings. The number of nitrogens with zero attached hydrogens (tertiary/aromatic N) is 2. The van der Waals surface area contributed by atoms with Gasteiger partial charge in [0.15, 0.2) is 0 Å². The predicted molar refractivity (Wildman–Crippen MR) is 70.1 cm³/mol. The van der Waals surface area contributed by atoms with Gasteiger partial charge in [0.1, 0.15) is 11.4 Å². The summed E-state index contributed by atoms with van der Waals surface area (Å²) in [5.74, 6) is 0.931. The highest BCUT2D eigenvalue weighted by molar-refractivity contribution is 5.89. The standard InChI is InChI=1S/C14H18N2O3/c1-2-19-13(17)10-3-6-12(15-7-10)16-8-14(18,9-16)11-4-5-11/h3,6-7,11,18H,2,4-5,8-9H2,1H3. The second kappa shape index (κ2) is 4.49. The predicted octanol–water partition coefficient (Wildman–Crippen LogP) is 1.22. The van der Waals surface area contributed by atoms with E-state index in [0.29, 0.717) is 31.2 Å². The molecule has 0 spiro atoms. The van der Waals surface area contributed by atoms with E-state index in [1.165, 1.54) is 6.20 Å². The van der Waals surface area contributed by atoms with Crippen LogP contribution >= 0.6 is 0 Å². The fraction of sp³-hybridized carbons (Fsp3) is 0.571. The third-order valence-electron chi connectivity index (χ3n) is 3.85. The number of hydrogen-bond acceptors (Lipinski definition) is 5. The molecule has 0 bridgehead atoms. The van der Waals surface area contributed by atoms with E-state index in [0.717, 1.165) is 18.7 Å². The summed E-state index contributed by atoms with van der Waals surface area (Å²) in [4.78, 5) is 17.8. The van der Waals surface area contributed by atoms with Crippen LogP contribution in [-0.4, -0.2) is 41.4 Å². The molecule has 102 valence electrons. The van der Waals surface area contributed by atoms with Crippen molar-refractivity contribution in [3.05, 3.63) is 23.9 Å². The summed E-state index contributed by atoms with van der Waals surface area (Å²) in [5, 5.41) is 10.3. The lowest BCUT2D eigenvalue weighted by atomic mass is 9.89. The summed E-state index contributed by atoms with van der Waals surface area (Å²) in [5.41, 5.74) is -0.0508. The first kappa shape index (κ1) is 12.4. The van der Waals surface area contributed by atoms with E-state index in [9.17, 15) is 9.90 Å². The largest absolute Gasteiger partial charge is 0.462 e. The SMILES string of the molecule is CCOC(=O)c1ccc(N2CC(O)(C3CC3)C2)nc1. The molecule has 2 heterocycles. The molecule has 5 nitrogen and oxygen atoms in total. The molecule has 0 atom stereocenters. The maximum atomic E-state index is 11.5. The van der Waals surface area contributed by atoms with Gasteiger partial charge in [0.25, 0.3) is 0 Å². The lowest BCUT2D eigenvalue weighted by Crippen LogP contribution is -2.63. The van der Waals surface area contributed by atoms with Gasteiger partial charge in [-0.25, -0.2) is 9.78 Å². The van der Waals surface area contributed by atoms with Gasteiger partial charge in [-0.05, 0) is 37.8 Å². The Bertz CT molecular complexity index is 476. The second-order valence-corrected chi connectivity index (χ2v) is 5.36. The van der Waals surface area contributed by atoms with E-state index in [-0.39, 0.29) is 5.97 Å². The summed E-state index contributed by atoms with van der Waals surface area (Å²) >= 11 is 0. The quantitative estimate of drug-likeness (QED) is 0.827. The number of aromatic nitrogens is 1. The fourth-order valence-electron chi connectivity index (χ4n) is 2.56. The van der Waals surface area contributed by atoms with Crippen LogP contribution in [0.1, 0.15) is 30.1 Å². The summed E-state index contributed by atoms with van der Waals surface area (Å²) in [6.07, 6.45) is 3.81. The van der Waals surface area contributed by atoms with Gasteiger partial charge in [0.2, 0.25) is 0 Å². The minimum absolute atomic E-state index is 0.348. The number of anilines is 1. The molecular weight excluding hydrogens is 244 g/mol. The average Bonchev–Trinajstić information content (AvgIpc) is 3.20. The van der Waals surface area contributed by atoms with Crippen molar-refractivity contribution in [1.82, 2.24) is 4.98 Å². The normalized spacial score (nSPS) is 20.8. The minimum atomic E-state index is -0.512. The summed E-state index contributed by atoms with van der Waals surface area (Å²) < 4.78 is 4.91. The first-order chi connectivity index (χ1) is 9.12. The van der Waals surface area contributed by atoms with E-state index >= 15 is 0 Å². The number of rotatable bonds is 4. The Hall–Kier alpha value is -1.62. The smallest absolute Gasteiger partial charge is 0.339 e. The summed E-state index contributed by atoms with van der Waals surface area (Å²) in [7, 11) is 0. The number of β-amino-alcohol motifs (C(OH)–C–C–N with tert-alkyl or cyclic N) is 1. The van der Waals surface area contributed by atoms with Crippen molar-refractivity contribution in [1.29, 1.82) is 0 Å². The molecule has 0 amide bonds. The van der Waals surface area contributed by atoms with E-state index < -0.39 is 5.60 Å². The number of hydrogen-bond donors (Lipinski definition) is 1. The van der Waals surface area contributed by atoms with Crippen molar-refractivity contribution in [2.75, 3.05) is 24.6 Å². The van der Waals surface area contributed by atoms with Crippen molar-refractivity contribution >= 4 is 11.8 Å². The second-order valence-electron chi connectivity index (χ2n) is 5.36. The molecule has 1 aliphatic heterocycles. The van der Waals surface area contributed by atoms with E-state index in [1.54, 1.807) is 19.1 Å². The molecule has 2 aliphatic rings. The molecule has 1 aliphatic carbocycles. The molecule has 0 radical (unpaired) electrons. The van der Waals surface area contributed by atoms with Crippen molar-refractivity contribution in [3.8, 4) is 0 Å². The van der Waals surface area contributed by atoms with Crippen LogP contribution in [0.4, 0.5) is 5.82 Å². The molecule has 1 aromatic rings. The van der Waals surface area contributed by atoms with Crippen LogP contribution in [-0.2, 0) is 4.74 Å². The number of esters is 1. The molecule has 0 aromatic carbocycles. The van der Waals surface area contributed by atoms with E-state index in [1.807, 2.05) is 4.90 Å². The molecule has 3 rings (SSSR count). The Morgan fingerprint density at radius 2 is 2.26 bits per heavy atom. The Morgan fingerprint density at radius 1 is 1.53 bits per heavy atom. The zero-order valence-electron chi connectivity index (χ0n) is 11.0. The molecular formula is C14H18N2O3. The molecule has 0 unspecified atom stereocenters. The maximum absolute atomic E-state index is 11.5. The molecule has 19 heavy (non-hydrogen) atoms. The molecule has 1 saturated carbocycles. The van der Waals surface area contributed by atoms with Crippen molar-refractivity contribution in [3.63, 3.8) is 0 Å². The van der Waals surface area contributed by atoms with Gasteiger partial charge in [0, 0.05) is 6.20 Å². The number of aliphatic hydroxyl groups is 1. The van der Waals surface area contributed by atoms with Crippen LogP contribution in [0.3, 0.4) is 0 Å². The third-order valence-corrected chi connectivity index (χ3v) is 3.85. The highest BCUT2D eigenvalue weighted by Crippen LogP contribution is 2.45. The number of carbonyl (C=O) groups is 1. The minimum Gasteiger partial charge on any atom is -0.462 e. The molecule has 1 aromatic heterocycles. The van der Waals surface area contributed by atoms with Crippen LogP contribution < -0.4 is 4.90 Å². The Morgan fingerprint density at radius 3 is 2.79 bits per heavy atom. The fourth-order valence-corrected chi connectivity index (χ4v) is 2.56. The van der Waals surface area contributed by atoms with Gasteiger partial charge in [-0.3, -0.25) is 0 Å². The first-order valence-electron chi connectivity index (χ1n) is 6.73. The topological polar surface area (TPSA) is 62.7 Å². The summed E-state index contributed by atoms with van der Waals surface area (Å²) in [6, 6.07) is 3.52. The summed E-state index contributed by atoms with van der Waals surface area (Å²) in [6.45, 7) is 3.42. The van der Waals surface area contributed by atoms with E-state index in [2.05, 4.69) is 4.98 Å². The van der Waals surface area contributed by atoms with Crippen LogP contribution in [0.5, 0.6) is 0 Å². The number of carbonyl (C=O) groups excluding carboxylic acids is 1. The Balaban J connectivity index is 1.62. The van der Waals surface area contributed by atoms with Gasteiger partial charge in [0.05, 0.1) is 25.3 Å². The van der Waals surface area contributed by atoms with Crippen LogP contribution in [0.15, 0.2) is 18.3 Å². The molecule has 5 heteroatoms. The lowest BCUT2D eigenvalue weighted by molar-refractivity contribution is -0.00975. The van der Waals surface area contributed by atoms with Gasteiger partial charge in [-0.1, -0.05) is 0 Å². The maximum Gasteiger partial charge on any atom is 0.339 e. The average molecular weight is 262 g/mol. The van der Waals surface area contributed by atoms with Crippen molar-refractivity contribution in [2.24, 2.45) is 5.92 Å². The van der Waals surface area contributed by atoms with Crippen LogP contribution in [0, 0.1) is 5.92 Å². The van der Waals surface area contributed by atoms with Gasteiger partial charge >= 0.3 is 5.97 Å². The monoisotopic (exact) mass is 262 g/mol. The van der Waals surface area contributed by atoms with Crippen LogP contribution in [0.25, 0.3) is 0 Å².